The van der Waals surface area contributed by atoms with Gasteiger partial charge in [-0.3, -0.25) is 14.7 Å². The Morgan fingerprint density at radius 1 is 1.18 bits per heavy atom. The number of hydrogen-bond acceptors (Lipinski definition) is 6. The molecule has 5 rings (SSSR count). The van der Waals surface area contributed by atoms with Crippen molar-refractivity contribution in [3.05, 3.63) is 65.4 Å². The normalized spacial score (nSPS) is 17.3. The number of benzene rings is 2. The minimum Gasteiger partial charge on any atom is -0.420 e. The lowest BCUT2D eigenvalue weighted by Crippen LogP contribution is -2.48. The molecule has 1 spiro atoms. The van der Waals surface area contributed by atoms with Crippen LogP contribution in [0.2, 0.25) is 0 Å². The van der Waals surface area contributed by atoms with Gasteiger partial charge < -0.3 is 10.1 Å². The van der Waals surface area contributed by atoms with Gasteiger partial charge in [-0.25, -0.2) is 12.7 Å². The second-order valence-corrected chi connectivity index (χ2v) is 11.8. The summed E-state index contributed by atoms with van der Waals surface area (Å²) in [7, 11) is -3.39. The molecule has 13 heteroatoms. The summed E-state index contributed by atoms with van der Waals surface area (Å²) in [4.78, 5) is 26.6. The number of nitrogens with zero attached hydrogens (tertiary/aromatic N) is 2. The van der Waals surface area contributed by atoms with Gasteiger partial charge >= 0.3 is 5.57 Å². The fourth-order valence-corrected chi connectivity index (χ4v) is 6.10. The number of hydrogen-bond donors (Lipinski definition) is 2. The first-order chi connectivity index (χ1) is 17.9. The third kappa shape index (κ3) is 5.03. The maximum atomic E-state index is 13.3. The Morgan fingerprint density at radius 3 is 2.45 bits per heavy atom. The number of anilines is 1. The molecule has 2 aromatic carbocycles. The summed E-state index contributed by atoms with van der Waals surface area (Å²) in [6.45, 7) is 0.397. The van der Waals surface area contributed by atoms with E-state index in [1.807, 2.05) is 0 Å². The molecular weight excluding hydrogens is 542 g/mol. The number of ether oxygens (including phenoxy) is 1. The van der Waals surface area contributed by atoms with Gasteiger partial charge in [0.25, 0.3) is 0 Å². The number of aromatic nitrogens is 2. The molecular formula is C25H23ClF2N4O5S. The van der Waals surface area contributed by atoms with Gasteiger partial charge in [-0.05, 0) is 48.7 Å². The summed E-state index contributed by atoms with van der Waals surface area (Å²) < 4.78 is 55.5. The van der Waals surface area contributed by atoms with E-state index in [0.29, 0.717) is 46.5 Å². The lowest BCUT2D eigenvalue weighted by molar-refractivity contribution is -0.122. The molecule has 3 aromatic rings. The SMILES string of the molecule is CS(=O)(=O)N1CCC2(CC1)C(=O)Nc1cc(C(=O)Cc3ccc(OC(F)(F)Cl)cc3)cc(-c3ccn[nH]3)c12. The van der Waals surface area contributed by atoms with E-state index >= 15 is 0 Å². The Balaban J connectivity index is 1.47. The summed E-state index contributed by atoms with van der Waals surface area (Å²) >= 11 is 4.79. The predicted molar refractivity (Wildman–Crippen MR) is 136 cm³/mol. The van der Waals surface area contributed by atoms with Gasteiger partial charge in [0.15, 0.2) is 5.78 Å². The van der Waals surface area contributed by atoms with Gasteiger partial charge in [-0.15, -0.1) is 8.78 Å². The van der Waals surface area contributed by atoms with Crippen molar-refractivity contribution in [1.29, 1.82) is 0 Å². The van der Waals surface area contributed by atoms with E-state index in [1.54, 1.807) is 24.4 Å². The number of carbonyl (C=O) groups is 2. The largest absolute Gasteiger partial charge is 0.487 e. The maximum Gasteiger partial charge on any atom is 0.487 e. The molecule has 1 amide bonds. The quantitative estimate of drug-likeness (QED) is 0.331. The van der Waals surface area contributed by atoms with E-state index in [0.717, 1.165) is 6.26 Å². The summed E-state index contributed by atoms with van der Waals surface area (Å²) in [5, 5.41) is 9.83. The van der Waals surface area contributed by atoms with Crippen molar-refractivity contribution in [3.8, 4) is 17.0 Å². The second kappa shape index (κ2) is 9.44. The zero-order valence-electron chi connectivity index (χ0n) is 20.1. The van der Waals surface area contributed by atoms with E-state index in [9.17, 15) is 26.8 Å². The van der Waals surface area contributed by atoms with Crippen molar-refractivity contribution in [3.63, 3.8) is 0 Å². The van der Waals surface area contributed by atoms with Crippen LogP contribution in [-0.2, 0) is 26.7 Å². The Labute approximate surface area is 222 Å². The number of halogens is 3. The highest BCUT2D eigenvalue weighted by Crippen LogP contribution is 2.50. The minimum atomic E-state index is -3.84. The summed E-state index contributed by atoms with van der Waals surface area (Å²) in [5.41, 5.74) is -1.44. The van der Waals surface area contributed by atoms with Crippen LogP contribution in [0, 0.1) is 0 Å². The molecule has 1 fully saturated rings. The fraction of sp³-hybridized carbons (Fsp3) is 0.320. The number of fused-ring (bicyclic) bond motifs is 2. The lowest BCUT2D eigenvalue weighted by Gasteiger charge is -2.37. The van der Waals surface area contributed by atoms with Crippen molar-refractivity contribution in [2.24, 2.45) is 0 Å². The summed E-state index contributed by atoms with van der Waals surface area (Å²) in [5.74, 6) is -0.639. The lowest BCUT2D eigenvalue weighted by atomic mass is 9.71. The molecule has 2 N–H and O–H groups in total. The highest BCUT2D eigenvalue weighted by Gasteiger charge is 2.51. The van der Waals surface area contributed by atoms with E-state index in [4.69, 9.17) is 11.6 Å². The number of Topliss-reactive ketones (excluding diaryl/α,β-unsaturated/α-hetero) is 1. The molecule has 0 aliphatic carbocycles. The molecule has 9 nitrogen and oxygen atoms in total. The van der Waals surface area contributed by atoms with Gasteiger partial charge in [0.1, 0.15) is 5.75 Å². The highest BCUT2D eigenvalue weighted by molar-refractivity contribution is 7.88. The predicted octanol–water partition coefficient (Wildman–Crippen LogP) is 3.92. The standard InChI is InChI=1S/C25H23ClF2N4O5S/c1-38(35,36)32-10-7-24(8-11-32)22-18(19-6-9-29-31-19)13-16(14-20(22)30-23(24)34)21(33)12-15-2-4-17(5-3-15)37-25(26,27)28/h2-6,9,13-14H,7-8,10-12H2,1H3,(H,29,31)(H,30,34). The van der Waals surface area contributed by atoms with Crippen molar-refractivity contribution in [2.75, 3.05) is 24.7 Å². The number of piperidine rings is 1. The molecule has 0 atom stereocenters. The Kier molecular flexibility index (Phi) is 6.52. The first-order valence-electron chi connectivity index (χ1n) is 11.7. The van der Waals surface area contributed by atoms with Gasteiger partial charge in [0, 0.05) is 59.7 Å². The monoisotopic (exact) mass is 564 g/mol. The van der Waals surface area contributed by atoms with Crippen LogP contribution in [0.1, 0.15) is 34.3 Å². The van der Waals surface area contributed by atoms with E-state index in [-0.39, 0.29) is 37.0 Å². The van der Waals surface area contributed by atoms with Crippen LogP contribution in [0.25, 0.3) is 11.3 Å². The molecule has 3 heterocycles. The smallest absolute Gasteiger partial charge is 0.420 e. The zero-order valence-corrected chi connectivity index (χ0v) is 21.7. The van der Waals surface area contributed by atoms with Crippen LogP contribution in [-0.4, -0.2) is 59.5 Å². The minimum absolute atomic E-state index is 0.0266. The Bertz CT molecular complexity index is 1500. The number of H-pyrrole nitrogens is 1. The van der Waals surface area contributed by atoms with Crippen LogP contribution in [0.4, 0.5) is 14.5 Å². The van der Waals surface area contributed by atoms with Crippen LogP contribution in [0.3, 0.4) is 0 Å². The van der Waals surface area contributed by atoms with Gasteiger partial charge in [0.2, 0.25) is 15.9 Å². The fourth-order valence-electron chi connectivity index (χ4n) is 5.16. The molecule has 1 saturated heterocycles. The number of sulfonamides is 1. The molecule has 200 valence electrons. The van der Waals surface area contributed by atoms with Crippen LogP contribution >= 0.6 is 11.6 Å². The van der Waals surface area contributed by atoms with Gasteiger partial charge in [0.05, 0.1) is 17.4 Å². The molecule has 0 radical (unpaired) electrons. The maximum absolute atomic E-state index is 13.3. The number of rotatable bonds is 7. The molecule has 0 saturated carbocycles. The number of amides is 1. The topological polar surface area (TPSA) is 121 Å². The summed E-state index contributed by atoms with van der Waals surface area (Å²) in [6.07, 6.45) is 3.27. The van der Waals surface area contributed by atoms with Crippen molar-refractivity contribution in [2.45, 2.75) is 30.2 Å². The third-order valence-electron chi connectivity index (χ3n) is 6.98. The van der Waals surface area contributed by atoms with Crippen molar-refractivity contribution in [1.82, 2.24) is 14.5 Å². The average molecular weight is 565 g/mol. The average Bonchev–Trinajstić information content (AvgIpc) is 3.46. The van der Waals surface area contributed by atoms with Gasteiger partial charge in [-0.1, -0.05) is 12.1 Å². The van der Waals surface area contributed by atoms with Crippen LogP contribution < -0.4 is 10.1 Å². The van der Waals surface area contributed by atoms with Crippen LogP contribution in [0.5, 0.6) is 5.75 Å². The summed E-state index contributed by atoms with van der Waals surface area (Å²) in [6, 6.07) is 10.6. The van der Waals surface area contributed by atoms with E-state index in [1.165, 1.54) is 28.6 Å². The van der Waals surface area contributed by atoms with E-state index < -0.39 is 21.0 Å². The second-order valence-electron chi connectivity index (χ2n) is 9.41. The van der Waals surface area contributed by atoms with E-state index in [2.05, 4.69) is 20.3 Å². The molecule has 0 unspecified atom stereocenters. The highest BCUT2D eigenvalue weighted by atomic mass is 35.5. The molecule has 2 aliphatic heterocycles. The molecule has 2 aliphatic rings. The third-order valence-corrected chi connectivity index (χ3v) is 8.36. The molecule has 38 heavy (non-hydrogen) atoms. The number of aromatic amines is 1. The number of carbonyl (C=O) groups excluding carboxylic acids is 2. The van der Waals surface area contributed by atoms with Crippen molar-refractivity contribution < 1.29 is 31.5 Å². The Hall–Kier alpha value is -3.35. The first kappa shape index (κ1) is 26.3. The first-order valence-corrected chi connectivity index (χ1v) is 13.9. The van der Waals surface area contributed by atoms with Crippen LogP contribution in [0.15, 0.2) is 48.7 Å². The zero-order chi connectivity index (χ0) is 27.3. The molecule has 0 bridgehead atoms. The van der Waals surface area contributed by atoms with Crippen molar-refractivity contribution >= 4 is 39.0 Å². The van der Waals surface area contributed by atoms with Gasteiger partial charge in [-0.2, -0.15) is 5.10 Å². The number of alkyl halides is 3. The Morgan fingerprint density at radius 2 is 1.87 bits per heavy atom. The number of nitrogens with one attached hydrogen (secondary N) is 2. The molecule has 1 aromatic heterocycles. The number of ketones is 1.